The minimum absolute atomic E-state index is 0.0926. The third-order valence-corrected chi connectivity index (χ3v) is 2.75. The summed E-state index contributed by atoms with van der Waals surface area (Å²) in [7, 11) is 0. The topological polar surface area (TPSA) is 68.0 Å². The van der Waals surface area contributed by atoms with E-state index < -0.39 is 0 Å². The molecule has 4 nitrogen and oxygen atoms in total. The lowest BCUT2D eigenvalue weighted by molar-refractivity contribution is -0.121. The van der Waals surface area contributed by atoms with Crippen LogP contribution in [0.15, 0.2) is 5.38 Å². The number of thiazole rings is 1. The highest BCUT2D eigenvalue weighted by atomic mass is 32.1. The van der Waals surface area contributed by atoms with E-state index in [2.05, 4.69) is 17.2 Å². The van der Waals surface area contributed by atoms with Crippen LogP contribution in [0.3, 0.4) is 0 Å². The van der Waals surface area contributed by atoms with Crippen molar-refractivity contribution < 1.29 is 4.79 Å². The van der Waals surface area contributed by atoms with E-state index in [-0.39, 0.29) is 5.91 Å². The first-order valence-corrected chi connectivity index (χ1v) is 6.07. The Kier molecular flexibility index (Phi) is 5.10. The molecule has 0 aliphatic heterocycles. The van der Waals surface area contributed by atoms with Gasteiger partial charge in [0.2, 0.25) is 5.91 Å². The van der Waals surface area contributed by atoms with Gasteiger partial charge in [-0.2, -0.15) is 0 Å². The summed E-state index contributed by atoms with van der Waals surface area (Å²) in [4.78, 5) is 15.4. The molecule has 0 spiro atoms. The van der Waals surface area contributed by atoms with Crippen molar-refractivity contribution in [3.8, 4) is 0 Å². The summed E-state index contributed by atoms with van der Waals surface area (Å²) in [5.41, 5.74) is 6.40. The zero-order valence-corrected chi connectivity index (χ0v) is 9.77. The SMILES string of the molecule is CCCCNC(=O)CCc1csc(N)n1. The van der Waals surface area contributed by atoms with Gasteiger partial charge in [-0.1, -0.05) is 13.3 Å². The zero-order valence-electron chi connectivity index (χ0n) is 8.95. The standard InChI is InChI=1S/C10H17N3OS/c1-2-3-6-12-9(14)5-4-8-7-15-10(11)13-8/h7H,2-6H2,1H3,(H2,11,13)(H,12,14). The van der Waals surface area contributed by atoms with Gasteiger partial charge in [0, 0.05) is 18.3 Å². The van der Waals surface area contributed by atoms with E-state index in [1.807, 2.05) is 5.38 Å². The first-order chi connectivity index (χ1) is 7.22. The van der Waals surface area contributed by atoms with Gasteiger partial charge in [0.15, 0.2) is 5.13 Å². The quantitative estimate of drug-likeness (QED) is 0.725. The van der Waals surface area contributed by atoms with Crippen molar-refractivity contribution in [2.24, 2.45) is 0 Å². The lowest BCUT2D eigenvalue weighted by Crippen LogP contribution is -2.24. The highest BCUT2D eigenvalue weighted by Gasteiger charge is 2.03. The molecule has 1 aromatic rings. The molecule has 0 unspecified atom stereocenters. The van der Waals surface area contributed by atoms with Crippen LogP contribution in [-0.2, 0) is 11.2 Å². The molecule has 0 saturated heterocycles. The normalized spacial score (nSPS) is 10.2. The lowest BCUT2D eigenvalue weighted by Gasteiger charge is -2.02. The molecule has 1 amide bonds. The van der Waals surface area contributed by atoms with Gasteiger partial charge in [-0.25, -0.2) is 4.98 Å². The smallest absolute Gasteiger partial charge is 0.220 e. The Morgan fingerprint density at radius 3 is 3.07 bits per heavy atom. The van der Waals surface area contributed by atoms with Crippen molar-refractivity contribution >= 4 is 22.4 Å². The maximum Gasteiger partial charge on any atom is 0.220 e. The predicted octanol–water partition coefficient (Wildman–Crippen LogP) is 1.57. The Morgan fingerprint density at radius 1 is 1.67 bits per heavy atom. The van der Waals surface area contributed by atoms with Crippen molar-refractivity contribution in [1.29, 1.82) is 0 Å². The number of hydrogen-bond acceptors (Lipinski definition) is 4. The molecule has 0 fully saturated rings. The van der Waals surface area contributed by atoms with E-state index in [9.17, 15) is 4.79 Å². The van der Waals surface area contributed by atoms with Crippen LogP contribution in [0.1, 0.15) is 31.9 Å². The largest absolute Gasteiger partial charge is 0.375 e. The minimum Gasteiger partial charge on any atom is -0.375 e. The summed E-state index contributed by atoms with van der Waals surface area (Å²) in [5, 5.41) is 5.33. The first kappa shape index (κ1) is 12.0. The molecule has 0 radical (unpaired) electrons. The number of amides is 1. The molecule has 0 aliphatic carbocycles. The molecular formula is C10H17N3OS. The molecule has 0 bridgehead atoms. The average molecular weight is 227 g/mol. The Balaban J connectivity index is 2.16. The van der Waals surface area contributed by atoms with Crippen LogP contribution in [0.25, 0.3) is 0 Å². The highest BCUT2D eigenvalue weighted by Crippen LogP contribution is 2.12. The van der Waals surface area contributed by atoms with Crippen molar-refractivity contribution in [2.75, 3.05) is 12.3 Å². The summed E-state index contributed by atoms with van der Waals surface area (Å²) in [6.45, 7) is 2.87. The monoisotopic (exact) mass is 227 g/mol. The Hall–Kier alpha value is -1.10. The number of nitrogen functional groups attached to an aromatic ring is 1. The van der Waals surface area contributed by atoms with Crippen LogP contribution in [0.4, 0.5) is 5.13 Å². The molecule has 0 atom stereocenters. The maximum atomic E-state index is 11.3. The Morgan fingerprint density at radius 2 is 2.47 bits per heavy atom. The Labute approximate surface area is 93.9 Å². The number of carbonyl (C=O) groups is 1. The summed E-state index contributed by atoms with van der Waals surface area (Å²) < 4.78 is 0. The van der Waals surface area contributed by atoms with Gasteiger partial charge in [-0.3, -0.25) is 4.79 Å². The van der Waals surface area contributed by atoms with E-state index in [1.54, 1.807) is 0 Å². The number of nitrogens with zero attached hydrogens (tertiary/aromatic N) is 1. The molecule has 84 valence electrons. The highest BCUT2D eigenvalue weighted by molar-refractivity contribution is 7.13. The van der Waals surface area contributed by atoms with Gasteiger partial charge in [0.05, 0.1) is 5.69 Å². The molecule has 5 heteroatoms. The average Bonchev–Trinajstić information content (AvgIpc) is 2.62. The van der Waals surface area contributed by atoms with Crippen molar-refractivity contribution in [3.05, 3.63) is 11.1 Å². The van der Waals surface area contributed by atoms with Crippen molar-refractivity contribution in [2.45, 2.75) is 32.6 Å². The third kappa shape index (κ3) is 4.78. The van der Waals surface area contributed by atoms with Gasteiger partial charge >= 0.3 is 0 Å². The molecule has 0 saturated carbocycles. The van der Waals surface area contributed by atoms with E-state index in [4.69, 9.17) is 5.73 Å². The van der Waals surface area contributed by atoms with Crippen LogP contribution in [-0.4, -0.2) is 17.4 Å². The number of aromatic nitrogens is 1. The number of carbonyl (C=O) groups excluding carboxylic acids is 1. The van der Waals surface area contributed by atoms with E-state index in [0.29, 0.717) is 18.0 Å². The fourth-order valence-electron chi connectivity index (χ4n) is 1.17. The van der Waals surface area contributed by atoms with Gasteiger partial charge in [0.25, 0.3) is 0 Å². The first-order valence-electron chi connectivity index (χ1n) is 5.19. The number of aryl methyl sites for hydroxylation is 1. The van der Waals surface area contributed by atoms with Crippen LogP contribution >= 0.6 is 11.3 Å². The van der Waals surface area contributed by atoms with Crippen LogP contribution in [0, 0.1) is 0 Å². The van der Waals surface area contributed by atoms with Crippen LogP contribution < -0.4 is 11.1 Å². The third-order valence-electron chi connectivity index (χ3n) is 2.03. The number of hydrogen-bond donors (Lipinski definition) is 2. The number of nitrogens with two attached hydrogens (primary N) is 1. The number of rotatable bonds is 6. The van der Waals surface area contributed by atoms with E-state index in [1.165, 1.54) is 11.3 Å². The lowest BCUT2D eigenvalue weighted by atomic mass is 10.2. The van der Waals surface area contributed by atoms with E-state index in [0.717, 1.165) is 25.1 Å². The predicted molar refractivity (Wildman–Crippen MR) is 62.8 cm³/mol. The molecule has 1 rings (SSSR count). The maximum absolute atomic E-state index is 11.3. The van der Waals surface area contributed by atoms with Crippen molar-refractivity contribution in [1.82, 2.24) is 10.3 Å². The minimum atomic E-state index is 0.0926. The molecule has 0 aliphatic rings. The van der Waals surface area contributed by atoms with Crippen molar-refractivity contribution in [3.63, 3.8) is 0 Å². The molecule has 1 aromatic heterocycles. The van der Waals surface area contributed by atoms with Crippen LogP contribution in [0.2, 0.25) is 0 Å². The van der Waals surface area contributed by atoms with Gasteiger partial charge in [0.1, 0.15) is 0 Å². The van der Waals surface area contributed by atoms with Gasteiger partial charge in [-0.05, 0) is 12.8 Å². The van der Waals surface area contributed by atoms with Gasteiger partial charge in [-0.15, -0.1) is 11.3 Å². The zero-order chi connectivity index (χ0) is 11.1. The summed E-state index contributed by atoms with van der Waals surface area (Å²) in [6, 6.07) is 0. The van der Waals surface area contributed by atoms with Crippen LogP contribution in [0.5, 0.6) is 0 Å². The molecule has 1 heterocycles. The number of nitrogens with one attached hydrogen (secondary N) is 1. The van der Waals surface area contributed by atoms with Gasteiger partial charge < -0.3 is 11.1 Å². The number of unbranched alkanes of at least 4 members (excludes halogenated alkanes) is 1. The second kappa shape index (κ2) is 6.40. The summed E-state index contributed by atoms with van der Waals surface area (Å²) in [5.74, 6) is 0.0926. The molecule has 3 N–H and O–H groups in total. The number of anilines is 1. The Bertz CT molecular complexity index is 311. The second-order valence-corrected chi connectivity index (χ2v) is 4.27. The van der Waals surface area contributed by atoms with E-state index >= 15 is 0 Å². The fourth-order valence-corrected chi connectivity index (χ4v) is 1.77. The molecular weight excluding hydrogens is 210 g/mol. The molecule has 15 heavy (non-hydrogen) atoms. The summed E-state index contributed by atoms with van der Waals surface area (Å²) >= 11 is 1.41. The molecule has 0 aromatic carbocycles. The fraction of sp³-hybridized carbons (Fsp3) is 0.600. The summed E-state index contributed by atoms with van der Waals surface area (Å²) in [6.07, 6.45) is 3.30. The second-order valence-electron chi connectivity index (χ2n) is 3.38.